The van der Waals surface area contributed by atoms with Crippen molar-refractivity contribution in [3.05, 3.63) is 40.6 Å². The number of piperidine rings is 1. The van der Waals surface area contributed by atoms with Gasteiger partial charge in [-0.05, 0) is 83.2 Å². The third-order valence-electron chi connectivity index (χ3n) is 6.20. The van der Waals surface area contributed by atoms with Gasteiger partial charge in [-0.1, -0.05) is 11.6 Å². The van der Waals surface area contributed by atoms with Crippen LogP contribution < -0.4 is 5.32 Å². The van der Waals surface area contributed by atoms with Gasteiger partial charge in [0, 0.05) is 30.1 Å². The quantitative estimate of drug-likeness (QED) is 0.712. The second-order valence-electron chi connectivity index (χ2n) is 8.47. The number of likely N-dealkylation sites (tertiary alicyclic amines) is 1. The number of aromatic nitrogens is 1. The highest BCUT2D eigenvalue weighted by molar-refractivity contribution is 6.07. The minimum atomic E-state index is 0. The third kappa shape index (κ3) is 5.22. The summed E-state index contributed by atoms with van der Waals surface area (Å²) < 4.78 is 0. The van der Waals surface area contributed by atoms with Gasteiger partial charge >= 0.3 is 0 Å². The molecule has 6 heteroatoms. The predicted octanol–water partition coefficient (Wildman–Crippen LogP) is 5.03. The number of aryl methyl sites for hydroxylation is 2. The molecule has 2 aliphatic rings. The molecule has 1 N–H and O–H groups in total. The maximum atomic E-state index is 13.4. The van der Waals surface area contributed by atoms with Crippen molar-refractivity contribution in [1.82, 2.24) is 15.2 Å². The van der Waals surface area contributed by atoms with E-state index in [2.05, 4.69) is 42.3 Å². The van der Waals surface area contributed by atoms with Gasteiger partial charge in [0.25, 0.3) is 5.91 Å². The standard InChI is InChI=1S/C23H31N3O.2ClH/c1-15-12-16(2)22-19(13-15)20(14-21(25-22)18-4-5-18)23(27)26-10-7-17(8-11-26)6-9-24-3;;/h12-14,17-18,24H,4-11H2,1-3H3;2*1H. The topological polar surface area (TPSA) is 45.2 Å². The highest BCUT2D eigenvalue weighted by Crippen LogP contribution is 2.41. The van der Waals surface area contributed by atoms with Crippen LogP contribution in [0.5, 0.6) is 0 Å². The molecule has 4 rings (SSSR count). The fourth-order valence-electron chi connectivity index (χ4n) is 4.41. The molecule has 1 aromatic carbocycles. The zero-order chi connectivity index (χ0) is 19.0. The number of pyridine rings is 1. The summed E-state index contributed by atoms with van der Waals surface area (Å²) in [6.07, 6.45) is 5.84. The predicted molar refractivity (Wildman–Crippen MR) is 125 cm³/mol. The molecular weight excluding hydrogens is 405 g/mol. The Morgan fingerprint density at radius 3 is 2.41 bits per heavy atom. The van der Waals surface area contributed by atoms with Crippen LogP contribution in [0.3, 0.4) is 0 Å². The van der Waals surface area contributed by atoms with Crippen LogP contribution in [0.4, 0.5) is 0 Å². The minimum absolute atomic E-state index is 0. The molecule has 160 valence electrons. The van der Waals surface area contributed by atoms with Crippen molar-refractivity contribution in [3.63, 3.8) is 0 Å². The first-order valence-electron chi connectivity index (χ1n) is 10.4. The highest BCUT2D eigenvalue weighted by Gasteiger charge is 2.29. The lowest BCUT2D eigenvalue weighted by molar-refractivity contribution is 0.0689. The fourth-order valence-corrected chi connectivity index (χ4v) is 4.41. The van der Waals surface area contributed by atoms with E-state index in [-0.39, 0.29) is 30.7 Å². The molecule has 0 atom stereocenters. The molecule has 0 unspecified atom stereocenters. The third-order valence-corrected chi connectivity index (χ3v) is 6.20. The number of rotatable bonds is 5. The van der Waals surface area contributed by atoms with E-state index in [1.165, 1.54) is 30.4 Å². The van der Waals surface area contributed by atoms with Crippen LogP contribution in [0.1, 0.15) is 65.2 Å². The van der Waals surface area contributed by atoms with Crippen molar-refractivity contribution < 1.29 is 4.79 Å². The summed E-state index contributed by atoms with van der Waals surface area (Å²) in [6.45, 7) is 7.03. The molecular formula is C23H33Cl2N3O. The molecule has 0 bridgehead atoms. The Labute approximate surface area is 186 Å². The molecule has 1 aliphatic carbocycles. The normalized spacial score (nSPS) is 17.0. The van der Waals surface area contributed by atoms with E-state index in [1.807, 2.05) is 7.05 Å². The lowest BCUT2D eigenvalue weighted by Gasteiger charge is -2.32. The van der Waals surface area contributed by atoms with Gasteiger partial charge < -0.3 is 10.2 Å². The van der Waals surface area contributed by atoms with E-state index in [1.54, 1.807) is 0 Å². The van der Waals surface area contributed by atoms with Gasteiger partial charge in [-0.2, -0.15) is 0 Å². The molecule has 2 heterocycles. The highest BCUT2D eigenvalue weighted by atomic mass is 35.5. The Balaban J connectivity index is 0.00000150. The van der Waals surface area contributed by atoms with Crippen molar-refractivity contribution >= 4 is 41.6 Å². The fraction of sp³-hybridized carbons (Fsp3) is 0.565. The van der Waals surface area contributed by atoms with Gasteiger partial charge in [0.05, 0.1) is 11.1 Å². The molecule has 29 heavy (non-hydrogen) atoms. The summed E-state index contributed by atoms with van der Waals surface area (Å²) in [7, 11) is 2.01. The summed E-state index contributed by atoms with van der Waals surface area (Å²) in [5.74, 6) is 1.48. The Hall–Kier alpha value is -1.36. The van der Waals surface area contributed by atoms with Crippen molar-refractivity contribution in [2.24, 2.45) is 5.92 Å². The van der Waals surface area contributed by atoms with Gasteiger partial charge in [-0.25, -0.2) is 0 Å². The van der Waals surface area contributed by atoms with Crippen LogP contribution in [0.2, 0.25) is 0 Å². The Morgan fingerprint density at radius 1 is 1.10 bits per heavy atom. The molecule has 1 saturated heterocycles. The van der Waals surface area contributed by atoms with Crippen LogP contribution in [0.15, 0.2) is 18.2 Å². The van der Waals surface area contributed by atoms with Gasteiger partial charge in [0.15, 0.2) is 0 Å². The number of fused-ring (bicyclic) bond motifs is 1. The number of nitrogens with one attached hydrogen (secondary N) is 1. The maximum absolute atomic E-state index is 13.4. The lowest BCUT2D eigenvalue weighted by Crippen LogP contribution is -2.39. The number of nitrogens with zero attached hydrogens (tertiary/aromatic N) is 2. The number of hydrogen-bond donors (Lipinski definition) is 1. The van der Waals surface area contributed by atoms with E-state index in [0.717, 1.165) is 60.6 Å². The Morgan fingerprint density at radius 2 is 1.79 bits per heavy atom. The van der Waals surface area contributed by atoms with Crippen molar-refractivity contribution in [1.29, 1.82) is 0 Å². The zero-order valence-electron chi connectivity index (χ0n) is 17.7. The van der Waals surface area contributed by atoms with Crippen LogP contribution in [-0.2, 0) is 0 Å². The number of carbonyl (C=O) groups is 1. The largest absolute Gasteiger partial charge is 0.339 e. The summed E-state index contributed by atoms with van der Waals surface area (Å²) in [6, 6.07) is 6.40. The molecule has 0 spiro atoms. The molecule has 0 radical (unpaired) electrons. The number of hydrogen-bond acceptors (Lipinski definition) is 3. The van der Waals surface area contributed by atoms with E-state index in [4.69, 9.17) is 4.98 Å². The molecule has 4 nitrogen and oxygen atoms in total. The zero-order valence-corrected chi connectivity index (χ0v) is 19.3. The second kappa shape index (κ2) is 10.1. The van der Waals surface area contributed by atoms with Crippen molar-refractivity contribution in [2.45, 2.75) is 51.9 Å². The first-order valence-corrected chi connectivity index (χ1v) is 10.4. The van der Waals surface area contributed by atoms with Crippen LogP contribution in [0.25, 0.3) is 10.9 Å². The van der Waals surface area contributed by atoms with E-state index < -0.39 is 0 Å². The van der Waals surface area contributed by atoms with Gasteiger partial charge in [-0.3, -0.25) is 9.78 Å². The van der Waals surface area contributed by atoms with E-state index >= 15 is 0 Å². The first-order chi connectivity index (χ1) is 13.1. The minimum Gasteiger partial charge on any atom is -0.339 e. The number of benzene rings is 1. The van der Waals surface area contributed by atoms with Crippen molar-refractivity contribution in [3.8, 4) is 0 Å². The van der Waals surface area contributed by atoms with Crippen LogP contribution in [0, 0.1) is 19.8 Å². The maximum Gasteiger partial charge on any atom is 0.254 e. The summed E-state index contributed by atoms with van der Waals surface area (Å²) >= 11 is 0. The SMILES string of the molecule is CNCCC1CCN(C(=O)c2cc(C3CC3)nc3c(C)cc(C)cc23)CC1.Cl.Cl. The van der Waals surface area contributed by atoms with Gasteiger partial charge in [0.1, 0.15) is 0 Å². The number of halogens is 2. The summed E-state index contributed by atoms with van der Waals surface area (Å²) in [5, 5.41) is 4.27. The van der Waals surface area contributed by atoms with Crippen LogP contribution >= 0.6 is 24.8 Å². The van der Waals surface area contributed by atoms with Crippen molar-refractivity contribution in [2.75, 3.05) is 26.7 Å². The molecule has 1 aliphatic heterocycles. The molecule has 1 aromatic heterocycles. The average molecular weight is 438 g/mol. The Kier molecular flexibility index (Phi) is 8.33. The summed E-state index contributed by atoms with van der Waals surface area (Å²) in [4.78, 5) is 20.4. The average Bonchev–Trinajstić information content (AvgIpc) is 3.51. The first kappa shape index (κ1) is 23.9. The molecule has 2 fully saturated rings. The van der Waals surface area contributed by atoms with E-state index in [9.17, 15) is 4.79 Å². The number of carbonyl (C=O) groups excluding carboxylic acids is 1. The summed E-state index contributed by atoms with van der Waals surface area (Å²) in [5.41, 5.74) is 5.36. The number of amides is 1. The smallest absolute Gasteiger partial charge is 0.254 e. The van der Waals surface area contributed by atoms with Crippen LogP contribution in [-0.4, -0.2) is 42.5 Å². The van der Waals surface area contributed by atoms with Gasteiger partial charge in [-0.15, -0.1) is 24.8 Å². The molecule has 2 aromatic rings. The van der Waals surface area contributed by atoms with Gasteiger partial charge in [0.2, 0.25) is 0 Å². The second-order valence-corrected chi connectivity index (χ2v) is 8.47. The lowest BCUT2D eigenvalue weighted by atomic mass is 9.92. The Bertz CT molecular complexity index is 859. The molecule has 1 amide bonds. The van der Waals surface area contributed by atoms with E-state index in [0.29, 0.717) is 5.92 Å². The molecule has 1 saturated carbocycles. The monoisotopic (exact) mass is 437 g/mol.